The Bertz CT molecular complexity index is 334. The molecule has 0 atom stereocenters. The van der Waals surface area contributed by atoms with Gasteiger partial charge in [0.15, 0.2) is 0 Å². The van der Waals surface area contributed by atoms with E-state index in [0.717, 1.165) is 45.4 Å². The highest BCUT2D eigenvalue weighted by Crippen LogP contribution is 2.27. The van der Waals surface area contributed by atoms with Crippen molar-refractivity contribution in [3.63, 3.8) is 0 Å². The van der Waals surface area contributed by atoms with Crippen molar-refractivity contribution < 1.29 is 10.2 Å². The highest BCUT2D eigenvalue weighted by molar-refractivity contribution is 5.42. The Labute approximate surface area is 122 Å². The molecule has 1 saturated heterocycles. The van der Waals surface area contributed by atoms with Gasteiger partial charge in [-0.1, -0.05) is 32.3 Å². The number of aromatic hydroxyl groups is 2. The lowest BCUT2D eigenvalue weighted by Crippen LogP contribution is -2.39. The zero-order valence-electron chi connectivity index (χ0n) is 12.5. The largest absolute Gasteiger partial charge is 0.508 e. The second kappa shape index (κ2) is 10.5. The lowest BCUT2D eigenvalue weighted by molar-refractivity contribution is 0.436. The van der Waals surface area contributed by atoms with Gasteiger partial charge in [0.25, 0.3) is 0 Å². The molecule has 1 heterocycles. The molecule has 4 nitrogen and oxygen atoms in total. The van der Waals surface area contributed by atoms with E-state index in [1.54, 1.807) is 18.2 Å². The van der Waals surface area contributed by atoms with E-state index in [2.05, 4.69) is 17.6 Å². The molecule has 1 aromatic rings. The molecule has 0 aliphatic carbocycles. The molecular formula is C16H28N2O2. The summed E-state index contributed by atoms with van der Waals surface area (Å²) in [6.07, 6.45) is 5.36. The third-order valence-electron chi connectivity index (χ3n) is 3.36. The number of hydrogen-bond acceptors (Lipinski definition) is 4. The van der Waals surface area contributed by atoms with Crippen LogP contribution in [0.15, 0.2) is 18.2 Å². The van der Waals surface area contributed by atoms with E-state index in [1.165, 1.54) is 12.8 Å². The van der Waals surface area contributed by atoms with Crippen molar-refractivity contribution >= 4 is 0 Å². The van der Waals surface area contributed by atoms with Crippen LogP contribution in [0.1, 0.15) is 38.2 Å². The second-order valence-electron chi connectivity index (χ2n) is 5.09. The molecule has 0 saturated carbocycles. The van der Waals surface area contributed by atoms with E-state index in [9.17, 15) is 10.2 Å². The minimum absolute atomic E-state index is 0.210. The summed E-state index contributed by atoms with van der Waals surface area (Å²) in [5.41, 5.74) is 0.684. The fourth-order valence-corrected chi connectivity index (χ4v) is 2.15. The van der Waals surface area contributed by atoms with Crippen molar-refractivity contribution in [3.8, 4) is 11.5 Å². The third kappa shape index (κ3) is 6.78. The van der Waals surface area contributed by atoms with Gasteiger partial charge in [-0.15, -0.1) is 0 Å². The number of nitrogens with one attached hydrogen (secondary N) is 2. The molecule has 1 fully saturated rings. The van der Waals surface area contributed by atoms with Crippen LogP contribution in [0.25, 0.3) is 0 Å². The number of rotatable bonds is 5. The van der Waals surface area contributed by atoms with Gasteiger partial charge in [-0.25, -0.2) is 0 Å². The van der Waals surface area contributed by atoms with Gasteiger partial charge in [0, 0.05) is 31.7 Å². The van der Waals surface area contributed by atoms with Crippen LogP contribution in [0, 0.1) is 0 Å². The zero-order valence-corrected chi connectivity index (χ0v) is 12.5. The summed E-state index contributed by atoms with van der Waals surface area (Å²) in [6, 6.07) is 4.89. The van der Waals surface area contributed by atoms with Crippen LogP contribution < -0.4 is 10.6 Å². The number of benzene rings is 1. The third-order valence-corrected chi connectivity index (χ3v) is 3.36. The molecule has 0 aromatic heterocycles. The quantitative estimate of drug-likeness (QED) is 0.625. The van der Waals surface area contributed by atoms with Crippen molar-refractivity contribution in [3.05, 3.63) is 23.8 Å². The van der Waals surface area contributed by atoms with Crippen molar-refractivity contribution in [2.24, 2.45) is 0 Å². The van der Waals surface area contributed by atoms with Crippen LogP contribution in [0.4, 0.5) is 0 Å². The van der Waals surface area contributed by atoms with Gasteiger partial charge >= 0.3 is 0 Å². The molecule has 0 spiro atoms. The van der Waals surface area contributed by atoms with Gasteiger partial charge in [0.2, 0.25) is 0 Å². The van der Waals surface area contributed by atoms with E-state index < -0.39 is 0 Å². The van der Waals surface area contributed by atoms with Crippen LogP contribution in [-0.4, -0.2) is 36.4 Å². The van der Waals surface area contributed by atoms with Crippen molar-refractivity contribution in [1.29, 1.82) is 0 Å². The summed E-state index contributed by atoms with van der Waals surface area (Å²) >= 11 is 0. The first kappa shape index (κ1) is 16.8. The minimum atomic E-state index is 0.210. The number of hydrogen-bond donors (Lipinski definition) is 4. The molecule has 0 radical (unpaired) electrons. The molecule has 1 aliphatic heterocycles. The van der Waals surface area contributed by atoms with Gasteiger partial charge in [-0.2, -0.15) is 0 Å². The zero-order chi connectivity index (χ0) is 14.6. The molecule has 20 heavy (non-hydrogen) atoms. The molecule has 1 aliphatic rings. The summed E-state index contributed by atoms with van der Waals surface area (Å²) in [5, 5.41) is 25.4. The molecule has 1 aromatic carbocycles. The Morgan fingerprint density at radius 3 is 1.90 bits per heavy atom. The van der Waals surface area contributed by atoms with Gasteiger partial charge < -0.3 is 20.8 Å². The monoisotopic (exact) mass is 280 g/mol. The lowest BCUT2D eigenvalue weighted by atomic mass is 10.0. The van der Waals surface area contributed by atoms with Crippen LogP contribution in [0.2, 0.25) is 0 Å². The Morgan fingerprint density at radius 2 is 1.45 bits per heavy atom. The Kier molecular flexibility index (Phi) is 8.83. The standard InChI is InChI=1S/C12H18O2.C4H10N2/c1-2-3-4-5-7-10-11(13)8-6-9-12(10)14;1-2-6-4-3-5-1/h6,8-9,13-14H,2-5,7H2,1H3;5-6H,1-4H2. The second-order valence-corrected chi connectivity index (χ2v) is 5.09. The summed E-state index contributed by atoms with van der Waals surface area (Å²) in [7, 11) is 0. The van der Waals surface area contributed by atoms with Crippen LogP contribution in [0.3, 0.4) is 0 Å². The minimum Gasteiger partial charge on any atom is -0.508 e. The maximum atomic E-state index is 9.49. The molecule has 0 bridgehead atoms. The smallest absolute Gasteiger partial charge is 0.122 e. The predicted molar refractivity (Wildman–Crippen MR) is 83.4 cm³/mol. The predicted octanol–water partition coefficient (Wildman–Crippen LogP) is 2.40. The topological polar surface area (TPSA) is 64.5 Å². The maximum absolute atomic E-state index is 9.49. The number of phenolic OH excluding ortho intramolecular Hbond substituents is 2. The SMILES string of the molecule is C1CNCCN1.CCCCCCc1c(O)cccc1O. The first-order valence-electron chi connectivity index (χ1n) is 7.67. The first-order chi connectivity index (χ1) is 9.75. The van der Waals surface area contributed by atoms with Crippen molar-refractivity contribution in [1.82, 2.24) is 10.6 Å². The molecule has 4 N–H and O–H groups in total. The summed E-state index contributed by atoms with van der Waals surface area (Å²) in [5.74, 6) is 0.419. The first-order valence-corrected chi connectivity index (χ1v) is 7.67. The Morgan fingerprint density at radius 1 is 0.900 bits per heavy atom. The normalized spacial score (nSPS) is 14.4. The van der Waals surface area contributed by atoms with Crippen molar-refractivity contribution in [2.45, 2.75) is 39.0 Å². The average molecular weight is 280 g/mol. The van der Waals surface area contributed by atoms with Crippen LogP contribution >= 0.6 is 0 Å². The molecule has 4 heteroatoms. The highest BCUT2D eigenvalue weighted by atomic mass is 16.3. The van der Waals surface area contributed by atoms with E-state index in [0.29, 0.717) is 5.56 Å². The molecule has 114 valence electrons. The number of phenols is 2. The molecule has 2 rings (SSSR count). The lowest BCUT2D eigenvalue weighted by Gasteiger charge is -2.11. The number of piperazine rings is 1. The van der Waals surface area contributed by atoms with E-state index in [1.807, 2.05) is 0 Å². The van der Waals surface area contributed by atoms with Crippen molar-refractivity contribution in [2.75, 3.05) is 26.2 Å². The molecule has 0 unspecified atom stereocenters. The van der Waals surface area contributed by atoms with E-state index in [4.69, 9.17) is 0 Å². The fourth-order valence-electron chi connectivity index (χ4n) is 2.15. The van der Waals surface area contributed by atoms with E-state index >= 15 is 0 Å². The van der Waals surface area contributed by atoms with Crippen LogP contribution in [0.5, 0.6) is 11.5 Å². The molecular weight excluding hydrogens is 252 g/mol. The van der Waals surface area contributed by atoms with Gasteiger partial charge in [-0.3, -0.25) is 0 Å². The van der Waals surface area contributed by atoms with Gasteiger partial charge in [0.1, 0.15) is 11.5 Å². The van der Waals surface area contributed by atoms with Crippen LogP contribution in [-0.2, 0) is 6.42 Å². The van der Waals surface area contributed by atoms with Gasteiger partial charge in [0.05, 0.1) is 0 Å². The maximum Gasteiger partial charge on any atom is 0.122 e. The van der Waals surface area contributed by atoms with E-state index in [-0.39, 0.29) is 11.5 Å². The molecule has 0 amide bonds. The highest BCUT2D eigenvalue weighted by Gasteiger charge is 2.05. The van der Waals surface area contributed by atoms with Gasteiger partial charge in [-0.05, 0) is 25.0 Å². The number of unbranched alkanes of at least 4 members (excludes halogenated alkanes) is 3. The summed E-state index contributed by atoms with van der Waals surface area (Å²) in [6.45, 7) is 6.72. The fraction of sp³-hybridized carbons (Fsp3) is 0.625. The average Bonchev–Trinajstić information content (AvgIpc) is 2.48. The summed E-state index contributed by atoms with van der Waals surface area (Å²) < 4.78 is 0. The summed E-state index contributed by atoms with van der Waals surface area (Å²) in [4.78, 5) is 0. The Hall–Kier alpha value is -1.26. The Balaban J connectivity index is 0.000000276.